The average Bonchev–Trinajstić information content (AvgIpc) is 3.25. The quantitative estimate of drug-likeness (QED) is 0.759. The normalized spacial score (nSPS) is 16.2. The molecule has 2 aromatic carbocycles. The number of ether oxygens (including phenoxy) is 2. The Labute approximate surface area is 163 Å². The standard InChI is InChI=1S/C19H21N3O5S/c1-22(2)16(12-3-6-17-18(8-12)27-11-26-17)10-20-28(24,25)14-4-5-15-13(7-14)9-19(23)21-15/h3-8,16,20H,9-11H2,1-2H3,(H,21,23). The first-order valence-corrected chi connectivity index (χ1v) is 10.3. The van der Waals surface area contributed by atoms with Gasteiger partial charge in [-0.25, -0.2) is 13.1 Å². The number of nitrogens with zero attached hydrogens (tertiary/aromatic N) is 1. The first kappa shape index (κ1) is 18.7. The molecule has 0 fully saturated rings. The maximum Gasteiger partial charge on any atom is 0.240 e. The Morgan fingerprint density at radius 2 is 1.93 bits per heavy atom. The number of hydrogen-bond acceptors (Lipinski definition) is 6. The predicted octanol–water partition coefficient (Wildman–Crippen LogP) is 1.49. The van der Waals surface area contributed by atoms with Gasteiger partial charge in [0.25, 0.3) is 0 Å². The summed E-state index contributed by atoms with van der Waals surface area (Å²) in [5, 5.41) is 2.70. The summed E-state index contributed by atoms with van der Waals surface area (Å²) < 4.78 is 39.0. The van der Waals surface area contributed by atoms with E-state index in [0.717, 1.165) is 5.56 Å². The average molecular weight is 403 g/mol. The lowest BCUT2D eigenvalue weighted by Gasteiger charge is -2.25. The highest BCUT2D eigenvalue weighted by Crippen LogP contribution is 2.35. The summed E-state index contributed by atoms with van der Waals surface area (Å²) >= 11 is 0. The van der Waals surface area contributed by atoms with E-state index in [9.17, 15) is 13.2 Å². The van der Waals surface area contributed by atoms with Gasteiger partial charge >= 0.3 is 0 Å². The molecule has 0 saturated carbocycles. The van der Waals surface area contributed by atoms with E-state index in [2.05, 4.69) is 10.0 Å². The van der Waals surface area contributed by atoms with Crippen molar-refractivity contribution in [2.24, 2.45) is 0 Å². The molecule has 1 amide bonds. The molecule has 2 aliphatic heterocycles. The molecular formula is C19H21N3O5S. The number of fused-ring (bicyclic) bond motifs is 2. The van der Waals surface area contributed by atoms with Gasteiger partial charge in [-0.15, -0.1) is 0 Å². The number of benzene rings is 2. The summed E-state index contributed by atoms with van der Waals surface area (Å²) in [7, 11) is 0.0512. The number of sulfonamides is 1. The van der Waals surface area contributed by atoms with Gasteiger partial charge in [0, 0.05) is 18.3 Å². The van der Waals surface area contributed by atoms with Crippen LogP contribution in [0.2, 0.25) is 0 Å². The predicted molar refractivity (Wildman–Crippen MR) is 103 cm³/mol. The molecule has 0 aliphatic carbocycles. The van der Waals surface area contributed by atoms with Crippen molar-refractivity contribution in [1.82, 2.24) is 9.62 Å². The summed E-state index contributed by atoms with van der Waals surface area (Å²) in [6.07, 6.45) is 0.191. The Morgan fingerprint density at radius 1 is 1.14 bits per heavy atom. The number of anilines is 1. The van der Waals surface area contributed by atoms with Crippen molar-refractivity contribution in [3.05, 3.63) is 47.5 Å². The zero-order chi connectivity index (χ0) is 19.9. The highest BCUT2D eigenvalue weighted by Gasteiger charge is 2.24. The van der Waals surface area contributed by atoms with E-state index >= 15 is 0 Å². The molecule has 0 spiro atoms. The summed E-state index contributed by atoms with van der Waals surface area (Å²) in [6, 6.07) is 10.1. The van der Waals surface area contributed by atoms with Gasteiger partial charge in [-0.2, -0.15) is 0 Å². The monoisotopic (exact) mass is 403 g/mol. The molecule has 0 bridgehead atoms. The van der Waals surface area contributed by atoms with Crippen molar-refractivity contribution in [1.29, 1.82) is 0 Å². The number of nitrogens with one attached hydrogen (secondary N) is 2. The van der Waals surface area contributed by atoms with Crippen molar-refractivity contribution in [3.63, 3.8) is 0 Å². The van der Waals surface area contributed by atoms with Gasteiger partial charge in [0.1, 0.15) is 0 Å². The third-order valence-electron chi connectivity index (χ3n) is 4.88. The second kappa shape index (κ2) is 7.08. The Bertz CT molecular complexity index is 1040. The highest BCUT2D eigenvalue weighted by atomic mass is 32.2. The fraction of sp³-hybridized carbons (Fsp3) is 0.316. The van der Waals surface area contributed by atoms with Crippen LogP contribution < -0.4 is 19.5 Å². The van der Waals surface area contributed by atoms with E-state index in [1.54, 1.807) is 12.1 Å². The smallest absolute Gasteiger partial charge is 0.240 e. The lowest BCUT2D eigenvalue weighted by molar-refractivity contribution is -0.115. The van der Waals surface area contributed by atoms with Gasteiger partial charge in [-0.1, -0.05) is 6.07 Å². The van der Waals surface area contributed by atoms with Gasteiger partial charge in [0.15, 0.2) is 11.5 Å². The minimum Gasteiger partial charge on any atom is -0.454 e. The van der Waals surface area contributed by atoms with E-state index in [1.807, 2.05) is 37.2 Å². The van der Waals surface area contributed by atoms with Crippen LogP contribution in [0.15, 0.2) is 41.3 Å². The van der Waals surface area contributed by atoms with Crippen LogP contribution in [0.4, 0.5) is 5.69 Å². The van der Waals surface area contributed by atoms with Crippen LogP contribution in [-0.2, 0) is 21.2 Å². The SMILES string of the molecule is CN(C)C(CNS(=O)(=O)c1ccc2c(c1)CC(=O)N2)c1ccc2c(c1)OCO2. The van der Waals surface area contributed by atoms with E-state index in [-0.39, 0.29) is 36.6 Å². The minimum absolute atomic E-state index is 0.131. The van der Waals surface area contributed by atoms with Crippen LogP contribution in [0, 0.1) is 0 Å². The molecule has 1 atom stereocenters. The first-order valence-electron chi connectivity index (χ1n) is 8.82. The third-order valence-corrected chi connectivity index (χ3v) is 6.30. The van der Waals surface area contributed by atoms with Crippen LogP contribution in [0.3, 0.4) is 0 Å². The second-order valence-corrected chi connectivity index (χ2v) is 8.75. The molecule has 8 nitrogen and oxygen atoms in total. The number of carbonyl (C=O) groups excluding carboxylic acids is 1. The number of carbonyl (C=O) groups is 1. The van der Waals surface area contributed by atoms with Crippen LogP contribution in [0.5, 0.6) is 11.5 Å². The van der Waals surface area contributed by atoms with Gasteiger partial charge in [-0.05, 0) is 55.6 Å². The largest absolute Gasteiger partial charge is 0.454 e. The Morgan fingerprint density at radius 3 is 2.71 bits per heavy atom. The lowest BCUT2D eigenvalue weighted by atomic mass is 10.1. The van der Waals surface area contributed by atoms with Gasteiger partial charge in [0.2, 0.25) is 22.7 Å². The van der Waals surface area contributed by atoms with Crippen molar-refractivity contribution < 1.29 is 22.7 Å². The third kappa shape index (κ3) is 3.56. The number of hydrogen-bond donors (Lipinski definition) is 2. The van der Waals surface area contributed by atoms with E-state index in [1.165, 1.54) is 6.07 Å². The van der Waals surface area contributed by atoms with Crippen LogP contribution >= 0.6 is 0 Å². The summed E-state index contributed by atoms with van der Waals surface area (Å²) in [5.74, 6) is 1.21. The van der Waals surface area contributed by atoms with Crippen LogP contribution in [0.25, 0.3) is 0 Å². The molecule has 9 heteroatoms. The molecule has 0 aromatic heterocycles. The topological polar surface area (TPSA) is 97.0 Å². The molecular weight excluding hydrogens is 382 g/mol. The maximum absolute atomic E-state index is 12.8. The number of amides is 1. The molecule has 2 N–H and O–H groups in total. The zero-order valence-electron chi connectivity index (χ0n) is 15.6. The van der Waals surface area contributed by atoms with Gasteiger partial charge in [0.05, 0.1) is 11.3 Å². The summed E-state index contributed by atoms with van der Waals surface area (Å²) in [6.45, 7) is 0.372. The first-order chi connectivity index (χ1) is 13.3. The van der Waals surface area contributed by atoms with Crippen molar-refractivity contribution >= 4 is 21.6 Å². The maximum atomic E-state index is 12.8. The van der Waals surface area contributed by atoms with Gasteiger partial charge < -0.3 is 19.7 Å². The van der Waals surface area contributed by atoms with Crippen LogP contribution in [-0.4, -0.2) is 46.7 Å². The molecule has 4 rings (SSSR count). The number of rotatable bonds is 6. The Hall–Kier alpha value is -2.62. The number of likely N-dealkylation sites (N-methyl/N-ethyl adjacent to an activating group) is 1. The molecule has 2 heterocycles. The fourth-order valence-corrected chi connectivity index (χ4v) is 4.45. The summed E-state index contributed by atoms with van der Waals surface area (Å²) in [4.78, 5) is 13.6. The van der Waals surface area contributed by atoms with Crippen molar-refractivity contribution in [3.8, 4) is 11.5 Å². The Balaban J connectivity index is 1.52. The molecule has 2 aromatic rings. The molecule has 0 saturated heterocycles. The minimum atomic E-state index is -3.72. The molecule has 28 heavy (non-hydrogen) atoms. The van der Waals surface area contributed by atoms with Crippen molar-refractivity contribution in [2.75, 3.05) is 32.7 Å². The zero-order valence-corrected chi connectivity index (χ0v) is 16.4. The molecule has 2 aliphatic rings. The molecule has 1 unspecified atom stereocenters. The fourth-order valence-electron chi connectivity index (χ4n) is 3.36. The molecule has 0 radical (unpaired) electrons. The summed E-state index contributed by atoms with van der Waals surface area (Å²) in [5.41, 5.74) is 2.27. The second-order valence-electron chi connectivity index (χ2n) is 6.99. The van der Waals surface area contributed by atoms with Crippen LogP contribution in [0.1, 0.15) is 17.2 Å². The Kier molecular flexibility index (Phi) is 4.74. The van der Waals surface area contributed by atoms with Crippen molar-refractivity contribution in [2.45, 2.75) is 17.4 Å². The van der Waals surface area contributed by atoms with E-state index < -0.39 is 10.0 Å². The van der Waals surface area contributed by atoms with Gasteiger partial charge in [-0.3, -0.25) is 4.79 Å². The molecule has 148 valence electrons. The highest BCUT2D eigenvalue weighted by molar-refractivity contribution is 7.89. The lowest BCUT2D eigenvalue weighted by Crippen LogP contribution is -2.34. The van der Waals surface area contributed by atoms with E-state index in [4.69, 9.17) is 9.47 Å². The van der Waals surface area contributed by atoms with E-state index in [0.29, 0.717) is 22.7 Å².